The van der Waals surface area contributed by atoms with Crippen molar-refractivity contribution >= 4 is 5.91 Å². The molecule has 1 aromatic heterocycles. The highest BCUT2D eigenvalue weighted by atomic mass is 16.5. The third kappa shape index (κ3) is 3.16. The fraction of sp³-hybridized carbons (Fsp3) is 0.312. The van der Waals surface area contributed by atoms with Crippen LogP contribution in [0.2, 0.25) is 0 Å². The summed E-state index contributed by atoms with van der Waals surface area (Å²) >= 11 is 0. The van der Waals surface area contributed by atoms with Crippen LogP contribution in [0.5, 0.6) is 5.75 Å². The summed E-state index contributed by atoms with van der Waals surface area (Å²) in [4.78, 5) is 29.3. The summed E-state index contributed by atoms with van der Waals surface area (Å²) in [5.41, 5.74) is 1.44. The number of ether oxygens (including phenoxy) is 1. The maximum atomic E-state index is 11.4. The summed E-state index contributed by atoms with van der Waals surface area (Å²) in [5, 5.41) is 2.96. The van der Waals surface area contributed by atoms with Crippen LogP contribution >= 0.6 is 0 Å². The van der Waals surface area contributed by atoms with E-state index >= 15 is 0 Å². The van der Waals surface area contributed by atoms with Crippen LogP contribution in [-0.4, -0.2) is 21.9 Å². The maximum absolute atomic E-state index is 11.4. The Morgan fingerprint density at radius 1 is 1.41 bits per heavy atom. The second-order valence-corrected chi connectivity index (χ2v) is 5.39. The second-order valence-electron chi connectivity index (χ2n) is 5.39. The van der Waals surface area contributed by atoms with Gasteiger partial charge < -0.3 is 15.0 Å². The number of fused-ring (bicyclic) bond motifs is 1. The zero-order valence-electron chi connectivity index (χ0n) is 12.2. The van der Waals surface area contributed by atoms with Crippen molar-refractivity contribution in [2.45, 2.75) is 31.9 Å². The lowest BCUT2D eigenvalue weighted by Gasteiger charge is -2.20. The first-order valence-electron chi connectivity index (χ1n) is 7.18. The van der Waals surface area contributed by atoms with Gasteiger partial charge >= 0.3 is 0 Å². The average molecular weight is 299 g/mol. The van der Waals surface area contributed by atoms with Crippen molar-refractivity contribution in [2.24, 2.45) is 0 Å². The van der Waals surface area contributed by atoms with Crippen LogP contribution in [0, 0.1) is 0 Å². The maximum Gasteiger partial charge on any atom is 0.266 e. The molecule has 0 aliphatic carbocycles. The third-order valence-corrected chi connectivity index (χ3v) is 3.64. The predicted molar refractivity (Wildman–Crippen MR) is 80.6 cm³/mol. The molecule has 0 bridgehead atoms. The minimum Gasteiger partial charge on any atom is -0.484 e. The largest absolute Gasteiger partial charge is 0.484 e. The minimum absolute atomic E-state index is 0.0418. The van der Waals surface area contributed by atoms with Crippen LogP contribution in [0.4, 0.5) is 0 Å². The van der Waals surface area contributed by atoms with Gasteiger partial charge in [0.05, 0.1) is 11.9 Å². The van der Waals surface area contributed by atoms with Crippen molar-refractivity contribution in [3.8, 4) is 5.75 Å². The summed E-state index contributed by atoms with van der Waals surface area (Å²) < 4.78 is 6.06. The van der Waals surface area contributed by atoms with Gasteiger partial charge in [0.1, 0.15) is 11.9 Å². The van der Waals surface area contributed by atoms with Gasteiger partial charge in [-0.1, -0.05) is 18.2 Å². The number of H-pyrrole nitrogens is 1. The number of aromatic nitrogens is 2. The second kappa shape index (κ2) is 6.01. The molecule has 22 heavy (non-hydrogen) atoms. The number of hydrogen-bond donors (Lipinski definition) is 2. The number of hydrogen-bond acceptors (Lipinski definition) is 4. The Morgan fingerprint density at radius 3 is 2.95 bits per heavy atom. The molecule has 6 heteroatoms. The quantitative estimate of drug-likeness (QED) is 0.876. The van der Waals surface area contributed by atoms with E-state index in [4.69, 9.17) is 4.74 Å². The normalized spacial score (nSPS) is 20.4. The van der Waals surface area contributed by atoms with E-state index in [1.807, 2.05) is 24.3 Å². The SMILES string of the molecule is CC(=O)NC1Cc2ccccc2OC(c2c[nH]c(=O)cn2)C1. The number of carbonyl (C=O) groups excluding carboxylic acids is 1. The summed E-state index contributed by atoms with van der Waals surface area (Å²) in [7, 11) is 0. The number of aromatic amines is 1. The molecule has 2 atom stereocenters. The van der Waals surface area contributed by atoms with E-state index in [1.165, 1.54) is 13.1 Å². The predicted octanol–water partition coefficient (Wildman–Crippen LogP) is 1.34. The van der Waals surface area contributed by atoms with E-state index in [1.54, 1.807) is 6.20 Å². The Labute approximate surface area is 127 Å². The number of para-hydroxylation sites is 1. The molecule has 0 radical (unpaired) electrons. The van der Waals surface area contributed by atoms with Crippen molar-refractivity contribution in [3.63, 3.8) is 0 Å². The Balaban J connectivity index is 1.94. The van der Waals surface area contributed by atoms with Crippen LogP contribution in [-0.2, 0) is 11.2 Å². The van der Waals surface area contributed by atoms with Crippen molar-refractivity contribution in [1.82, 2.24) is 15.3 Å². The molecule has 3 rings (SSSR count). The monoisotopic (exact) mass is 299 g/mol. The van der Waals surface area contributed by atoms with E-state index in [0.717, 1.165) is 11.3 Å². The summed E-state index contributed by atoms with van der Waals surface area (Å²) in [6.07, 6.45) is 3.77. The Hall–Kier alpha value is -2.63. The molecule has 6 nitrogen and oxygen atoms in total. The number of rotatable bonds is 2. The molecular formula is C16H17N3O3. The highest BCUT2D eigenvalue weighted by Gasteiger charge is 2.27. The fourth-order valence-corrected chi connectivity index (χ4v) is 2.70. The molecule has 0 saturated carbocycles. The van der Waals surface area contributed by atoms with Crippen LogP contribution in [0.3, 0.4) is 0 Å². The van der Waals surface area contributed by atoms with Crippen LogP contribution in [0.25, 0.3) is 0 Å². The van der Waals surface area contributed by atoms with E-state index in [9.17, 15) is 9.59 Å². The molecular weight excluding hydrogens is 282 g/mol. The van der Waals surface area contributed by atoms with Crippen LogP contribution < -0.4 is 15.6 Å². The molecule has 2 aromatic rings. The number of carbonyl (C=O) groups is 1. The molecule has 1 aliphatic heterocycles. The van der Waals surface area contributed by atoms with Crippen molar-refractivity contribution in [1.29, 1.82) is 0 Å². The first-order chi connectivity index (χ1) is 10.6. The number of benzene rings is 1. The van der Waals surface area contributed by atoms with E-state index in [2.05, 4.69) is 15.3 Å². The van der Waals surface area contributed by atoms with Crippen molar-refractivity contribution in [2.75, 3.05) is 0 Å². The lowest BCUT2D eigenvalue weighted by Crippen LogP contribution is -2.35. The number of amides is 1. The lowest BCUT2D eigenvalue weighted by atomic mass is 10.0. The third-order valence-electron chi connectivity index (χ3n) is 3.64. The Morgan fingerprint density at radius 2 is 2.23 bits per heavy atom. The van der Waals surface area contributed by atoms with Gasteiger partial charge in [-0.05, 0) is 18.1 Å². The Bertz CT molecular complexity index is 721. The minimum atomic E-state index is -0.322. The molecule has 0 saturated heterocycles. The van der Waals surface area contributed by atoms with Gasteiger partial charge in [-0.25, -0.2) is 0 Å². The molecule has 0 spiro atoms. The summed E-state index contributed by atoms with van der Waals surface area (Å²) in [5.74, 6) is 0.714. The summed E-state index contributed by atoms with van der Waals surface area (Å²) in [6.45, 7) is 1.50. The first-order valence-corrected chi connectivity index (χ1v) is 7.18. The van der Waals surface area contributed by atoms with E-state index in [0.29, 0.717) is 18.5 Å². The summed E-state index contributed by atoms with van der Waals surface area (Å²) in [6, 6.07) is 7.72. The van der Waals surface area contributed by atoms with Gasteiger partial charge in [0.2, 0.25) is 5.91 Å². The first kappa shape index (κ1) is 14.3. The molecule has 0 fully saturated rings. The van der Waals surface area contributed by atoms with Crippen LogP contribution in [0.1, 0.15) is 30.7 Å². The molecule has 2 unspecified atom stereocenters. The van der Waals surface area contributed by atoms with Gasteiger partial charge in [0, 0.05) is 25.6 Å². The number of nitrogens with zero attached hydrogens (tertiary/aromatic N) is 1. The molecule has 2 N–H and O–H groups in total. The molecule has 1 amide bonds. The molecule has 1 aromatic carbocycles. The lowest BCUT2D eigenvalue weighted by molar-refractivity contribution is -0.119. The van der Waals surface area contributed by atoms with Gasteiger partial charge in [0.15, 0.2) is 0 Å². The fourth-order valence-electron chi connectivity index (χ4n) is 2.70. The molecule has 114 valence electrons. The van der Waals surface area contributed by atoms with Gasteiger partial charge in [-0.2, -0.15) is 0 Å². The molecule has 1 aliphatic rings. The highest BCUT2D eigenvalue weighted by Crippen LogP contribution is 2.32. The van der Waals surface area contributed by atoms with Crippen molar-refractivity contribution < 1.29 is 9.53 Å². The van der Waals surface area contributed by atoms with Gasteiger partial charge in [-0.3, -0.25) is 14.6 Å². The van der Waals surface area contributed by atoms with Gasteiger partial charge in [-0.15, -0.1) is 0 Å². The smallest absolute Gasteiger partial charge is 0.266 e. The number of nitrogens with one attached hydrogen (secondary N) is 2. The Kier molecular flexibility index (Phi) is 3.91. The van der Waals surface area contributed by atoms with Gasteiger partial charge in [0.25, 0.3) is 5.56 Å². The standard InChI is InChI=1S/C16H17N3O3/c1-10(20)19-12-6-11-4-2-3-5-14(11)22-15(7-12)13-8-18-16(21)9-17-13/h2-5,8-9,12,15H,6-7H2,1H3,(H,18,21)(H,19,20). The van der Waals surface area contributed by atoms with Crippen LogP contribution in [0.15, 0.2) is 41.5 Å². The van der Waals surface area contributed by atoms with Crippen molar-refractivity contribution in [3.05, 3.63) is 58.3 Å². The molecule has 2 heterocycles. The zero-order valence-corrected chi connectivity index (χ0v) is 12.2. The van der Waals surface area contributed by atoms with E-state index < -0.39 is 0 Å². The highest BCUT2D eigenvalue weighted by molar-refractivity contribution is 5.73. The zero-order chi connectivity index (χ0) is 15.5. The topological polar surface area (TPSA) is 84.1 Å². The average Bonchev–Trinajstić information content (AvgIpc) is 2.66. The van der Waals surface area contributed by atoms with E-state index in [-0.39, 0.29) is 23.6 Å².